The van der Waals surface area contributed by atoms with Crippen LogP contribution in [-0.2, 0) is 14.9 Å². The fourth-order valence-corrected chi connectivity index (χ4v) is 6.26. The number of hydrogen-bond acceptors (Lipinski definition) is 7. The van der Waals surface area contributed by atoms with Crippen molar-refractivity contribution in [3.8, 4) is 0 Å². The SMILES string of the molecule is C[C@@H]1CN(CC(=O)N2CC(C)(C)c3ncc([C@H](O)c4ccc(F)cc4)cc32)[C@@H](CN2[C@H](C)COC[C@H]2C)CN1. The van der Waals surface area contributed by atoms with E-state index in [9.17, 15) is 14.3 Å². The van der Waals surface area contributed by atoms with Gasteiger partial charge in [-0.05, 0) is 44.5 Å². The number of fused-ring (bicyclic) bond motifs is 1. The standard InChI is InChI=1S/C30H42FN5O3/c1-19-13-34(25(12-32-19)14-35-20(2)16-39-17-21(35)3)15-27(37)36-18-30(4,5)29-26(36)10-23(11-33-29)28(38)22-6-8-24(31)9-7-22/h6-11,19-21,25,28,32,38H,12-18H2,1-5H3/t19-,20-,21-,25-,28-/m1/s1. The van der Waals surface area contributed by atoms with Gasteiger partial charge >= 0.3 is 0 Å². The molecule has 0 radical (unpaired) electrons. The van der Waals surface area contributed by atoms with E-state index in [1.54, 1.807) is 18.3 Å². The average Bonchev–Trinajstić information content (AvgIpc) is 3.17. The zero-order valence-corrected chi connectivity index (χ0v) is 23.7. The number of aliphatic hydroxyl groups excluding tert-OH is 1. The molecular weight excluding hydrogens is 497 g/mol. The summed E-state index contributed by atoms with van der Waals surface area (Å²) in [6.45, 7) is 15.6. The number of morpholine rings is 1. The van der Waals surface area contributed by atoms with Crippen molar-refractivity contribution in [1.29, 1.82) is 0 Å². The van der Waals surface area contributed by atoms with Crippen LogP contribution in [0.4, 0.5) is 10.1 Å². The number of carbonyl (C=O) groups excluding carboxylic acids is 1. The van der Waals surface area contributed by atoms with E-state index in [4.69, 9.17) is 9.72 Å². The van der Waals surface area contributed by atoms with Crippen LogP contribution in [-0.4, -0.2) is 95.9 Å². The number of nitrogens with zero attached hydrogens (tertiary/aromatic N) is 4. The highest BCUT2D eigenvalue weighted by molar-refractivity contribution is 5.97. The van der Waals surface area contributed by atoms with Gasteiger partial charge in [0.15, 0.2) is 0 Å². The minimum absolute atomic E-state index is 0.0409. The van der Waals surface area contributed by atoms with Gasteiger partial charge in [-0.15, -0.1) is 0 Å². The first-order valence-electron chi connectivity index (χ1n) is 14.1. The largest absolute Gasteiger partial charge is 0.384 e. The highest BCUT2D eigenvalue weighted by atomic mass is 19.1. The van der Waals surface area contributed by atoms with Gasteiger partial charge in [0.05, 0.1) is 31.1 Å². The van der Waals surface area contributed by atoms with Crippen molar-refractivity contribution in [3.05, 3.63) is 59.2 Å². The van der Waals surface area contributed by atoms with Crippen LogP contribution < -0.4 is 10.2 Å². The third-order valence-corrected chi connectivity index (χ3v) is 8.51. The van der Waals surface area contributed by atoms with Gasteiger partial charge in [0.2, 0.25) is 5.91 Å². The van der Waals surface area contributed by atoms with Gasteiger partial charge in [-0.1, -0.05) is 26.0 Å². The third-order valence-electron chi connectivity index (χ3n) is 8.51. The predicted octanol–water partition coefficient (Wildman–Crippen LogP) is 2.70. The highest BCUT2D eigenvalue weighted by Crippen LogP contribution is 2.41. The average molecular weight is 540 g/mol. The number of aromatic nitrogens is 1. The zero-order valence-electron chi connectivity index (χ0n) is 23.7. The lowest BCUT2D eigenvalue weighted by molar-refractivity contribution is -0.121. The molecule has 5 rings (SSSR count). The van der Waals surface area contributed by atoms with Gasteiger partial charge in [0, 0.05) is 67.5 Å². The van der Waals surface area contributed by atoms with Crippen molar-refractivity contribution in [2.24, 2.45) is 0 Å². The summed E-state index contributed by atoms with van der Waals surface area (Å²) in [6.07, 6.45) is 0.710. The van der Waals surface area contributed by atoms with Crippen LogP contribution in [0.25, 0.3) is 0 Å². The Bertz CT molecular complexity index is 1170. The summed E-state index contributed by atoms with van der Waals surface area (Å²) < 4.78 is 19.1. The molecule has 9 heteroatoms. The van der Waals surface area contributed by atoms with Gasteiger partial charge in [-0.25, -0.2) is 4.39 Å². The summed E-state index contributed by atoms with van der Waals surface area (Å²) in [7, 11) is 0. The minimum atomic E-state index is -0.958. The molecule has 3 aliphatic rings. The van der Waals surface area contributed by atoms with Crippen molar-refractivity contribution in [2.45, 2.75) is 70.3 Å². The first-order chi connectivity index (χ1) is 18.5. The Labute approximate surface area is 231 Å². The number of nitrogens with one attached hydrogen (secondary N) is 1. The van der Waals surface area contributed by atoms with E-state index in [1.807, 2.05) is 11.0 Å². The number of halogens is 1. The van der Waals surface area contributed by atoms with Gasteiger partial charge in [-0.2, -0.15) is 0 Å². The minimum Gasteiger partial charge on any atom is -0.384 e. The first-order valence-corrected chi connectivity index (χ1v) is 14.1. The molecule has 5 atom stereocenters. The molecule has 4 heterocycles. The monoisotopic (exact) mass is 539 g/mol. The second-order valence-electron chi connectivity index (χ2n) is 12.3. The molecule has 1 aromatic carbocycles. The van der Waals surface area contributed by atoms with Crippen molar-refractivity contribution in [3.63, 3.8) is 0 Å². The molecule has 212 valence electrons. The Balaban J connectivity index is 1.36. The molecule has 8 nitrogen and oxygen atoms in total. The Morgan fingerprint density at radius 1 is 1.18 bits per heavy atom. The van der Waals surface area contributed by atoms with Crippen molar-refractivity contribution in [1.82, 2.24) is 20.1 Å². The maximum atomic E-state index is 13.9. The number of anilines is 1. The first kappa shape index (κ1) is 28.1. The number of piperazine rings is 1. The summed E-state index contributed by atoms with van der Waals surface area (Å²) >= 11 is 0. The van der Waals surface area contributed by atoms with Crippen LogP contribution in [0.2, 0.25) is 0 Å². The van der Waals surface area contributed by atoms with E-state index in [2.05, 4.69) is 49.7 Å². The number of hydrogen-bond donors (Lipinski definition) is 2. The fraction of sp³-hybridized carbons (Fsp3) is 0.600. The third kappa shape index (κ3) is 5.88. The van der Waals surface area contributed by atoms with Crippen LogP contribution in [0, 0.1) is 5.82 Å². The molecule has 0 bridgehead atoms. The normalized spacial score (nSPS) is 28.3. The molecule has 0 aliphatic carbocycles. The maximum Gasteiger partial charge on any atom is 0.241 e. The van der Waals surface area contributed by atoms with Crippen molar-refractivity contribution >= 4 is 11.6 Å². The number of rotatable bonds is 6. The molecule has 1 aromatic heterocycles. The predicted molar refractivity (Wildman–Crippen MR) is 149 cm³/mol. The lowest BCUT2D eigenvalue weighted by Gasteiger charge is -2.46. The molecule has 3 aliphatic heterocycles. The molecule has 2 saturated heterocycles. The van der Waals surface area contributed by atoms with Gasteiger partial charge in [-0.3, -0.25) is 19.6 Å². The van der Waals surface area contributed by atoms with E-state index >= 15 is 0 Å². The van der Waals surface area contributed by atoms with E-state index < -0.39 is 6.10 Å². The van der Waals surface area contributed by atoms with E-state index in [0.29, 0.717) is 42.3 Å². The Morgan fingerprint density at radius 2 is 1.87 bits per heavy atom. The lowest BCUT2D eigenvalue weighted by atomic mass is 9.90. The number of amides is 1. The van der Waals surface area contributed by atoms with Crippen molar-refractivity contribution in [2.75, 3.05) is 50.8 Å². The van der Waals surface area contributed by atoms with Crippen LogP contribution in [0.15, 0.2) is 36.5 Å². The number of aliphatic hydroxyl groups is 1. The van der Waals surface area contributed by atoms with Crippen LogP contribution >= 0.6 is 0 Å². The fourth-order valence-electron chi connectivity index (χ4n) is 6.26. The molecule has 0 saturated carbocycles. The maximum absolute atomic E-state index is 13.9. The summed E-state index contributed by atoms with van der Waals surface area (Å²) in [6, 6.07) is 8.89. The number of carbonyl (C=O) groups is 1. The molecule has 2 fully saturated rings. The Morgan fingerprint density at radius 3 is 2.56 bits per heavy atom. The summed E-state index contributed by atoms with van der Waals surface area (Å²) in [5.74, 6) is -0.311. The second-order valence-corrected chi connectivity index (χ2v) is 12.3. The number of pyridine rings is 1. The second kappa shape index (κ2) is 11.2. The van der Waals surface area contributed by atoms with Crippen molar-refractivity contribution < 1.29 is 19.0 Å². The molecule has 1 amide bonds. The molecule has 2 aromatic rings. The Kier molecular flexibility index (Phi) is 8.08. The van der Waals surface area contributed by atoms with E-state index in [1.165, 1.54) is 12.1 Å². The highest BCUT2D eigenvalue weighted by Gasteiger charge is 2.41. The lowest BCUT2D eigenvalue weighted by Crippen LogP contribution is -2.63. The smallest absolute Gasteiger partial charge is 0.241 e. The zero-order chi connectivity index (χ0) is 27.9. The molecule has 39 heavy (non-hydrogen) atoms. The van der Waals surface area contributed by atoms with Gasteiger partial charge in [0.25, 0.3) is 0 Å². The summed E-state index contributed by atoms with van der Waals surface area (Å²) in [5, 5.41) is 14.6. The molecule has 0 spiro atoms. The Hall–Kier alpha value is -2.43. The van der Waals surface area contributed by atoms with Crippen LogP contribution in [0.5, 0.6) is 0 Å². The number of benzene rings is 1. The van der Waals surface area contributed by atoms with Gasteiger partial charge < -0.3 is 20.1 Å². The number of ether oxygens (including phenoxy) is 1. The van der Waals surface area contributed by atoms with E-state index in [0.717, 1.165) is 44.2 Å². The topological polar surface area (TPSA) is 81.2 Å². The van der Waals surface area contributed by atoms with E-state index in [-0.39, 0.29) is 23.2 Å². The molecule has 0 unspecified atom stereocenters. The quantitative estimate of drug-likeness (QED) is 0.584. The van der Waals surface area contributed by atoms with Gasteiger partial charge in [0.1, 0.15) is 11.9 Å². The molecular formula is C30H42FN5O3. The summed E-state index contributed by atoms with van der Waals surface area (Å²) in [5.41, 5.74) is 2.46. The van der Waals surface area contributed by atoms with Crippen LogP contribution in [0.3, 0.4) is 0 Å². The van der Waals surface area contributed by atoms with Crippen LogP contribution in [0.1, 0.15) is 57.5 Å². The molecule has 2 N–H and O–H groups in total. The summed E-state index contributed by atoms with van der Waals surface area (Å²) in [4.78, 5) is 25.3.